The first-order valence-corrected chi connectivity index (χ1v) is 7.70. The first kappa shape index (κ1) is 14.9. The van der Waals surface area contributed by atoms with Crippen LogP contribution < -0.4 is 4.90 Å². The standard InChI is InChI=1S/C17H22N4O/c1-11-9-21(10-12(2)22-11)17-13(3)14(4)19-16(20-17)15-6-5-7-18-8-15/h5-8,11-12H,9-10H2,1-4H3/t11-,12+. The summed E-state index contributed by atoms with van der Waals surface area (Å²) >= 11 is 0. The fourth-order valence-corrected chi connectivity index (χ4v) is 2.90. The van der Waals surface area contributed by atoms with Gasteiger partial charge in [0, 0.05) is 42.3 Å². The molecule has 0 radical (unpaired) electrons. The Kier molecular flexibility index (Phi) is 4.07. The van der Waals surface area contributed by atoms with Crippen molar-refractivity contribution in [2.75, 3.05) is 18.0 Å². The molecule has 0 unspecified atom stereocenters. The summed E-state index contributed by atoms with van der Waals surface area (Å²) in [5.41, 5.74) is 3.09. The molecular formula is C17H22N4O. The molecule has 3 heterocycles. The molecule has 0 aromatic carbocycles. The van der Waals surface area contributed by atoms with Crippen LogP contribution in [0.25, 0.3) is 11.4 Å². The molecule has 0 N–H and O–H groups in total. The van der Waals surface area contributed by atoms with Gasteiger partial charge in [0.25, 0.3) is 0 Å². The fraction of sp³-hybridized carbons (Fsp3) is 0.471. The van der Waals surface area contributed by atoms with Gasteiger partial charge in [-0.05, 0) is 39.8 Å². The Morgan fingerprint density at radius 1 is 1.14 bits per heavy atom. The van der Waals surface area contributed by atoms with E-state index in [4.69, 9.17) is 9.72 Å². The van der Waals surface area contributed by atoms with Crippen molar-refractivity contribution in [3.05, 3.63) is 35.8 Å². The maximum atomic E-state index is 5.83. The zero-order valence-electron chi connectivity index (χ0n) is 13.6. The van der Waals surface area contributed by atoms with Crippen molar-refractivity contribution in [2.24, 2.45) is 0 Å². The molecule has 2 atom stereocenters. The van der Waals surface area contributed by atoms with Gasteiger partial charge in [-0.2, -0.15) is 0 Å². The smallest absolute Gasteiger partial charge is 0.163 e. The van der Waals surface area contributed by atoms with Crippen LogP contribution in [0.5, 0.6) is 0 Å². The number of pyridine rings is 1. The second-order valence-electron chi connectivity index (χ2n) is 5.99. The van der Waals surface area contributed by atoms with Gasteiger partial charge in [-0.3, -0.25) is 4.98 Å². The van der Waals surface area contributed by atoms with Crippen LogP contribution in [0.1, 0.15) is 25.1 Å². The SMILES string of the molecule is Cc1nc(-c2cccnc2)nc(N2C[C@@H](C)O[C@@H](C)C2)c1C. The first-order chi connectivity index (χ1) is 10.5. The largest absolute Gasteiger partial charge is 0.372 e. The number of rotatable bonds is 2. The minimum atomic E-state index is 0.209. The molecule has 0 amide bonds. The molecule has 1 fully saturated rings. The van der Waals surface area contributed by atoms with Crippen molar-refractivity contribution in [3.63, 3.8) is 0 Å². The Morgan fingerprint density at radius 3 is 2.50 bits per heavy atom. The molecule has 0 spiro atoms. The van der Waals surface area contributed by atoms with Gasteiger partial charge in [0.2, 0.25) is 0 Å². The molecule has 0 saturated carbocycles. The summed E-state index contributed by atoms with van der Waals surface area (Å²) in [5, 5.41) is 0. The van der Waals surface area contributed by atoms with E-state index in [0.29, 0.717) is 0 Å². The molecular weight excluding hydrogens is 276 g/mol. The second-order valence-corrected chi connectivity index (χ2v) is 5.99. The van der Waals surface area contributed by atoms with Gasteiger partial charge in [-0.25, -0.2) is 9.97 Å². The topological polar surface area (TPSA) is 51.1 Å². The predicted octanol–water partition coefficient (Wildman–Crippen LogP) is 2.77. The van der Waals surface area contributed by atoms with Gasteiger partial charge in [0.1, 0.15) is 5.82 Å². The van der Waals surface area contributed by atoms with Crippen LogP contribution in [0.15, 0.2) is 24.5 Å². The molecule has 0 bridgehead atoms. The van der Waals surface area contributed by atoms with Gasteiger partial charge >= 0.3 is 0 Å². The lowest BCUT2D eigenvalue weighted by atomic mass is 10.1. The average molecular weight is 298 g/mol. The summed E-state index contributed by atoms with van der Waals surface area (Å²) < 4.78 is 5.83. The lowest BCUT2D eigenvalue weighted by Gasteiger charge is -2.37. The van der Waals surface area contributed by atoms with Crippen LogP contribution in [0.2, 0.25) is 0 Å². The zero-order valence-corrected chi connectivity index (χ0v) is 13.6. The number of nitrogens with zero attached hydrogens (tertiary/aromatic N) is 4. The minimum Gasteiger partial charge on any atom is -0.372 e. The highest BCUT2D eigenvalue weighted by molar-refractivity contribution is 5.59. The maximum Gasteiger partial charge on any atom is 0.163 e. The van der Waals surface area contributed by atoms with E-state index >= 15 is 0 Å². The average Bonchev–Trinajstić information content (AvgIpc) is 2.49. The molecule has 2 aromatic heterocycles. The summed E-state index contributed by atoms with van der Waals surface area (Å²) in [4.78, 5) is 15.9. The van der Waals surface area contributed by atoms with E-state index in [1.54, 1.807) is 12.4 Å². The van der Waals surface area contributed by atoms with E-state index in [1.807, 2.05) is 19.1 Å². The second kappa shape index (κ2) is 6.01. The van der Waals surface area contributed by atoms with E-state index in [0.717, 1.165) is 41.6 Å². The molecule has 0 aliphatic carbocycles. The highest BCUT2D eigenvalue weighted by atomic mass is 16.5. The molecule has 1 aliphatic heterocycles. The van der Waals surface area contributed by atoms with Crippen molar-refractivity contribution in [2.45, 2.75) is 39.9 Å². The van der Waals surface area contributed by atoms with Crippen LogP contribution in [0, 0.1) is 13.8 Å². The lowest BCUT2D eigenvalue weighted by Crippen LogP contribution is -2.46. The number of ether oxygens (including phenoxy) is 1. The molecule has 2 aromatic rings. The molecule has 1 aliphatic rings. The van der Waals surface area contributed by atoms with E-state index in [2.05, 4.69) is 35.6 Å². The minimum absolute atomic E-state index is 0.209. The Balaban J connectivity index is 2.02. The van der Waals surface area contributed by atoms with Gasteiger partial charge in [0.15, 0.2) is 5.82 Å². The normalized spacial score (nSPS) is 21.9. The number of hydrogen-bond donors (Lipinski definition) is 0. The van der Waals surface area contributed by atoms with Crippen LogP contribution in [0.4, 0.5) is 5.82 Å². The number of anilines is 1. The van der Waals surface area contributed by atoms with Gasteiger partial charge < -0.3 is 9.64 Å². The van der Waals surface area contributed by atoms with Crippen molar-refractivity contribution in [1.29, 1.82) is 0 Å². The van der Waals surface area contributed by atoms with Crippen molar-refractivity contribution in [3.8, 4) is 11.4 Å². The highest BCUT2D eigenvalue weighted by Gasteiger charge is 2.25. The van der Waals surface area contributed by atoms with Crippen LogP contribution in [-0.4, -0.2) is 40.2 Å². The summed E-state index contributed by atoms with van der Waals surface area (Å²) in [6.07, 6.45) is 3.98. The molecule has 116 valence electrons. The Morgan fingerprint density at radius 2 is 1.86 bits per heavy atom. The Hall–Kier alpha value is -2.01. The quantitative estimate of drug-likeness (QED) is 0.853. The molecule has 3 rings (SSSR count). The van der Waals surface area contributed by atoms with Crippen molar-refractivity contribution >= 4 is 5.82 Å². The third-order valence-electron chi connectivity index (χ3n) is 4.00. The third kappa shape index (κ3) is 2.95. The summed E-state index contributed by atoms with van der Waals surface area (Å²) in [6, 6.07) is 3.90. The zero-order chi connectivity index (χ0) is 15.7. The summed E-state index contributed by atoms with van der Waals surface area (Å²) in [7, 11) is 0. The van der Waals surface area contributed by atoms with Crippen LogP contribution in [0.3, 0.4) is 0 Å². The molecule has 22 heavy (non-hydrogen) atoms. The third-order valence-corrected chi connectivity index (χ3v) is 4.00. The number of aromatic nitrogens is 3. The molecule has 1 saturated heterocycles. The molecule has 5 nitrogen and oxygen atoms in total. The predicted molar refractivity (Wildman–Crippen MR) is 87.0 cm³/mol. The van der Waals surface area contributed by atoms with Gasteiger partial charge in [-0.1, -0.05) is 0 Å². The van der Waals surface area contributed by atoms with E-state index in [1.165, 1.54) is 0 Å². The van der Waals surface area contributed by atoms with E-state index < -0.39 is 0 Å². The maximum absolute atomic E-state index is 5.83. The number of morpholine rings is 1. The summed E-state index contributed by atoms with van der Waals surface area (Å²) in [5.74, 6) is 1.74. The van der Waals surface area contributed by atoms with Crippen molar-refractivity contribution in [1.82, 2.24) is 15.0 Å². The highest BCUT2D eigenvalue weighted by Crippen LogP contribution is 2.26. The van der Waals surface area contributed by atoms with Gasteiger partial charge in [0.05, 0.1) is 12.2 Å². The van der Waals surface area contributed by atoms with Crippen LogP contribution in [-0.2, 0) is 4.74 Å². The lowest BCUT2D eigenvalue weighted by molar-refractivity contribution is -0.00549. The monoisotopic (exact) mass is 298 g/mol. The molecule has 5 heteroatoms. The number of aryl methyl sites for hydroxylation is 1. The Labute approximate surface area is 131 Å². The first-order valence-electron chi connectivity index (χ1n) is 7.70. The Bertz CT molecular complexity index is 649. The fourth-order valence-electron chi connectivity index (χ4n) is 2.90. The van der Waals surface area contributed by atoms with E-state index in [9.17, 15) is 0 Å². The van der Waals surface area contributed by atoms with Crippen LogP contribution >= 0.6 is 0 Å². The number of hydrogen-bond acceptors (Lipinski definition) is 5. The van der Waals surface area contributed by atoms with E-state index in [-0.39, 0.29) is 12.2 Å². The van der Waals surface area contributed by atoms with Gasteiger partial charge in [-0.15, -0.1) is 0 Å². The van der Waals surface area contributed by atoms with Crippen molar-refractivity contribution < 1.29 is 4.74 Å². The summed E-state index contributed by atoms with van der Waals surface area (Å²) in [6.45, 7) is 10.0.